The van der Waals surface area contributed by atoms with Gasteiger partial charge < -0.3 is 4.74 Å². The van der Waals surface area contributed by atoms with E-state index in [4.69, 9.17) is 13.5 Å². The Morgan fingerprint density at radius 1 is 1.69 bits per heavy atom. The van der Waals surface area contributed by atoms with Gasteiger partial charge >= 0.3 is 11.4 Å². The summed E-state index contributed by atoms with van der Waals surface area (Å²) in [6.07, 6.45) is 1.93. The van der Waals surface area contributed by atoms with E-state index < -0.39 is 11.4 Å². The van der Waals surface area contributed by atoms with Gasteiger partial charge in [-0.25, -0.2) is 0 Å². The molecule has 1 N–H and O–H groups in total. The summed E-state index contributed by atoms with van der Waals surface area (Å²) < 4.78 is 29.9. The van der Waals surface area contributed by atoms with Crippen LogP contribution in [-0.4, -0.2) is 26.6 Å². The molecule has 0 aromatic carbocycles. The number of ether oxygens (including phenoxy) is 1. The molecule has 0 saturated carbocycles. The average molecular weight is 206 g/mol. The summed E-state index contributed by atoms with van der Waals surface area (Å²) >= 11 is -2.18. The molecule has 13 heavy (non-hydrogen) atoms. The molecule has 0 aromatic heterocycles. The van der Waals surface area contributed by atoms with E-state index in [0.29, 0.717) is 0 Å². The van der Waals surface area contributed by atoms with Crippen molar-refractivity contribution in [1.82, 2.24) is 0 Å². The Morgan fingerprint density at radius 2 is 2.38 bits per heavy atom. The van der Waals surface area contributed by atoms with Gasteiger partial charge in [0.05, 0.1) is 11.7 Å². The second-order valence-electron chi connectivity index (χ2n) is 4.10. The molecule has 2 heterocycles. The van der Waals surface area contributed by atoms with Gasteiger partial charge in [0.25, 0.3) is 0 Å². The number of hydrogen-bond donors (Lipinski definition) is 1. The van der Waals surface area contributed by atoms with E-state index in [-0.39, 0.29) is 23.7 Å². The van der Waals surface area contributed by atoms with Crippen LogP contribution in [0.25, 0.3) is 0 Å². The largest absolute Gasteiger partial charge is 0.369 e. The minimum absolute atomic E-state index is 0.207. The highest BCUT2D eigenvalue weighted by Gasteiger charge is 2.56. The van der Waals surface area contributed by atoms with Crippen LogP contribution < -0.4 is 0 Å². The fraction of sp³-hybridized carbons (Fsp3) is 1.00. The first-order valence-electron chi connectivity index (χ1n) is 4.49. The maximum absolute atomic E-state index is 10.6. The van der Waals surface area contributed by atoms with E-state index in [9.17, 15) is 4.21 Å². The zero-order chi connectivity index (χ0) is 9.64. The Hall–Kier alpha value is 0.0300. The highest BCUT2D eigenvalue weighted by atomic mass is 32.2. The highest BCUT2D eigenvalue weighted by molar-refractivity contribution is 7.74. The first-order chi connectivity index (χ1) is 6.03. The second-order valence-corrected chi connectivity index (χ2v) is 4.73. The molecule has 76 valence electrons. The molecule has 2 fully saturated rings. The van der Waals surface area contributed by atoms with Crippen LogP contribution in [0.5, 0.6) is 0 Å². The SMILES string of the molecule is CC1C2CCC(C)(O2)C1OS(=O)O. The van der Waals surface area contributed by atoms with Crippen molar-refractivity contribution in [2.75, 3.05) is 0 Å². The molecular weight excluding hydrogens is 192 g/mol. The molecule has 0 aromatic rings. The molecule has 2 saturated heterocycles. The molecule has 2 aliphatic heterocycles. The Labute approximate surface area is 80.1 Å². The summed E-state index contributed by atoms with van der Waals surface area (Å²) in [5.41, 5.74) is -0.345. The lowest BCUT2D eigenvalue weighted by Gasteiger charge is -2.30. The van der Waals surface area contributed by atoms with Crippen LogP contribution in [0.4, 0.5) is 0 Å². The Balaban J connectivity index is 2.14. The van der Waals surface area contributed by atoms with E-state index in [1.165, 1.54) is 0 Å². The molecule has 2 aliphatic rings. The fourth-order valence-corrected chi connectivity index (χ4v) is 3.06. The first-order valence-corrected chi connectivity index (χ1v) is 5.52. The van der Waals surface area contributed by atoms with Crippen LogP contribution in [0, 0.1) is 5.92 Å². The van der Waals surface area contributed by atoms with Gasteiger partial charge in [-0.3, -0.25) is 8.74 Å². The van der Waals surface area contributed by atoms with Crippen LogP contribution in [0.2, 0.25) is 0 Å². The molecule has 0 spiro atoms. The van der Waals surface area contributed by atoms with Gasteiger partial charge in [0.1, 0.15) is 6.10 Å². The minimum atomic E-state index is -2.18. The van der Waals surface area contributed by atoms with E-state index in [0.717, 1.165) is 12.8 Å². The number of rotatable bonds is 2. The van der Waals surface area contributed by atoms with E-state index in [1.807, 2.05) is 13.8 Å². The summed E-state index contributed by atoms with van der Waals surface area (Å²) in [5.74, 6) is 0.217. The summed E-state index contributed by atoms with van der Waals surface area (Å²) in [6.45, 7) is 3.96. The van der Waals surface area contributed by atoms with Gasteiger partial charge in [0, 0.05) is 5.92 Å². The average Bonchev–Trinajstić information content (AvgIpc) is 2.50. The number of fused-ring (bicyclic) bond motifs is 2. The van der Waals surface area contributed by atoms with Crippen LogP contribution in [0.1, 0.15) is 26.7 Å². The normalized spacial score (nSPS) is 51.2. The number of hydrogen-bond acceptors (Lipinski definition) is 3. The van der Waals surface area contributed by atoms with Crippen LogP contribution in [0.3, 0.4) is 0 Å². The predicted molar refractivity (Wildman–Crippen MR) is 47.3 cm³/mol. The summed E-state index contributed by atoms with van der Waals surface area (Å²) in [5, 5.41) is 0. The van der Waals surface area contributed by atoms with Crippen molar-refractivity contribution >= 4 is 11.4 Å². The summed E-state index contributed by atoms with van der Waals surface area (Å²) in [6, 6.07) is 0. The third-order valence-electron chi connectivity index (χ3n) is 3.20. The Kier molecular flexibility index (Phi) is 2.22. The molecule has 5 unspecified atom stereocenters. The maximum Gasteiger partial charge on any atom is 0.302 e. The van der Waals surface area contributed by atoms with Gasteiger partial charge in [-0.1, -0.05) is 6.92 Å². The van der Waals surface area contributed by atoms with E-state index in [1.54, 1.807) is 0 Å². The van der Waals surface area contributed by atoms with Crippen molar-refractivity contribution in [2.45, 2.75) is 44.5 Å². The van der Waals surface area contributed by atoms with E-state index >= 15 is 0 Å². The fourth-order valence-electron chi connectivity index (χ4n) is 2.50. The van der Waals surface area contributed by atoms with Crippen LogP contribution in [0.15, 0.2) is 0 Å². The maximum atomic E-state index is 10.6. The van der Waals surface area contributed by atoms with Crippen molar-refractivity contribution in [1.29, 1.82) is 0 Å². The molecule has 2 rings (SSSR count). The monoisotopic (exact) mass is 206 g/mol. The van der Waals surface area contributed by atoms with Gasteiger partial charge in [0.15, 0.2) is 0 Å². The quantitative estimate of drug-likeness (QED) is 0.687. The first kappa shape index (κ1) is 9.58. The minimum Gasteiger partial charge on any atom is -0.369 e. The van der Waals surface area contributed by atoms with Gasteiger partial charge in [-0.05, 0) is 19.8 Å². The molecule has 0 radical (unpaired) electrons. The standard InChI is InChI=1S/C8H14O4S/c1-5-6-3-4-8(2,11-6)7(5)12-13(9)10/h5-7H,3-4H2,1-2H3,(H,9,10). The van der Waals surface area contributed by atoms with Crippen molar-refractivity contribution in [3.05, 3.63) is 0 Å². The van der Waals surface area contributed by atoms with Gasteiger partial charge in [-0.15, -0.1) is 0 Å². The molecule has 4 nitrogen and oxygen atoms in total. The molecule has 0 aliphatic carbocycles. The van der Waals surface area contributed by atoms with E-state index in [2.05, 4.69) is 0 Å². The van der Waals surface area contributed by atoms with Gasteiger partial charge in [-0.2, -0.15) is 4.21 Å². The Morgan fingerprint density at radius 3 is 2.85 bits per heavy atom. The molecular formula is C8H14O4S. The Bertz CT molecular complexity index is 244. The lowest BCUT2D eigenvalue weighted by molar-refractivity contribution is -0.0197. The smallest absolute Gasteiger partial charge is 0.302 e. The highest BCUT2D eigenvalue weighted by Crippen LogP contribution is 2.48. The zero-order valence-electron chi connectivity index (χ0n) is 7.73. The van der Waals surface area contributed by atoms with Crippen molar-refractivity contribution in [2.24, 2.45) is 5.92 Å². The third kappa shape index (κ3) is 1.44. The lowest BCUT2D eigenvalue weighted by Crippen LogP contribution is -2.41. The van der Waals surface area contributed by atoms with Crippen molar-refractivity contribution < 1.29 is 17.7 Å². The summed E-state index contributed by atoms with van der Waals surface area (Å²) in [4.78, 5) is 0. The lowest BCUT2D eigenvalue weighted by atomic mass is 9.81. The second kappa shape index (κ2) is 3.02. The van der Waals surface area contributed by atoms with Crippen molar-refractivity contribution in [3.63, 3.8) is 0 Å². The van der Waals surface area contributed by atoms with Crippen LogP contribution in [-0.2, 0) is 20.3 Å². The third-order valence-corrected chi connectivity index (χ3v) is 3.57. The van der Waals surface area contributed by atoms with Crippen LogP contribution >= 0.6 is 0 Å². The predicted octanol–water partition coefficient (Wildman–Crippen LogP) is 1.10. The molecule has 0 amide bonds. The van der Waals surface area contributed by atoms with Gasteiger partial charge in [0.2, 0.25) is 0 Å². The molecule has 5 heteroatoms. The van der Waals surface area contributed by atoms with Crippen molar-refractivity contribution in [3.8, 4) is 0 Å². The zero-order valence-corrected chi connectivity index (χ0v) is 8.54. The molecule has 2 bridgehead atoms. The summed E-state index contributed by atoms with van der Waals surface area (Å²) in [7, 11) is 0. The molecule has 5 atom stereocenters. The topological polar surface area (TPSA) is 55.8 Å².